The van der Waals surface area contributed by atoms with Crippen LogP contribution < -0.4 is 8.92 Å². The number of halogens is 6. The molecular weight excluding hydrogens is 502 g/mol. The summed E-state index contributed by atoms with van der Waals surface area (Å²) < 4.78 is 139. The molecule has 184 valence electrons. The number of ether oxygens (including phenoxy) is 1. The zero-order chi connectivity index (χ0) is 25.5. The number of hydrogen-bond donors (Lipinski definition) is 0. The van der Waals surface area contributed by atoms with Crippen LogP contribution >= 0.6 is 0 Å². The van der Waals surface area contributed by atoms with Crippen molar-refractivity contribution in [3.63, 3.8) is 0 Å². The van der Waals surface area contributed by atoms with Crippen LogP contribution in [0.2, 0.25) is 0 Å². The second-order valence-electron chi connectivity index (χ2n) is 6.97. The standard InChI is InChI=1S/C19H18F6O6S2/c1-4-32(26,27)18(22,23)17(20,21)19(24,25)33(28,29)31-16-8-6-13-9-15(30-11-12(2)3)7-5-14(13)10-16/h5-10H,2,4,11H2,1,3H3. The zero-order valence-corrected chi connectivity index (χ0v) is 18.8. The second kappa shape index (κ2) is 8.70. The molecule has 0 unspecified atom stereocenters. The molecule has 0 spiro atoms. The summed E-state index contributed by atoms with van der Waals surface area (Å²) in [7, 11) is -12.9. The van der Waals surface area contributed by atoms with Crippen molar-refractivity contribution in [2.45, 2.75) is 30.3 Å². The molecule has 2 aromatic carbocycles. The zero-order valence-electron chi connectivity index (χ0n) is 17.1. The van der Waals surface area contributed by atoms with Gasteiger partial charge in [-0.2, -0.15) is 34.8 Å². The predicted octanol–water partition coefficient (Wildman–Crippen LogP) is 4.76. The maximum atomic E-state index is 14.1. The molecule has 0 aromatic heterocycles. The van der Waals surface area contributed by atoms with Crippen LogP contribution in [0, 0.1) is 0 Å². The van der Waals surface area contributed by atoms with Crippen molar-refractivity contribution in [1.29, 1.82) is 0 Å². The fraction of sp³-hybridized carbons (Fsp3) is 0.368. The average Bonchev–Trinajstić information content (AvgIpc) is 2.71. The van der Waals surface area contributed by atoms with Crippen molar-refractivity contribution in [2.24, 2.45) is 0 Å². The Morgan fingerprint density at radius 3 is 1.85 bits per heavy atom. The Labute approximate surface area is 185 Å². The summed E-state index contributed by atoms with van der Waals surface area (Å²) in [6.07, 6.45) is 0. The summed E-state index contributed by atoms with van der Waals surface area (Å²) in [4.78, 5) is 0. The molecule has 33 heavy (non-hydrogen) atoms. The average molecular weight is 520 g/mol. The molecule has 0 heterocycles. The molecule has 0 amide bonds. The molecular formula is C19H18F6O6S2. The lowest BCUT2D eigenvalue weighted by atomic mass is 10.1. The number of fused-ring (bicyclic) bond motifs is 1. The minimum Gasteiger partial charge on any atom is -0.489 e. The van der Waals surface area contributed by atoms with Gasteiger partial charge in [-0.25, -0.2) is 8.42 Å². The highest BCUT2D eigenvalue weighted by Crippen LogP contribution is 2.51. The number of hydrogen-bond acceptors (Lipinski definition) is 6. The Morgan fingerprint density at radius 2 is 1.36 bits per heavy atom. The molecule has 0 aliphatic heterocycles. The molecule has 0 fully saturated rings. The maximum absolute atomic E-state index is 14.1. The Bertz CT molecular complexity index is 1270. The Morgan fingerprint density at radius 1 is 0.879 bits per heavy atom. The van der Waals surface area contributed by atoms with Crippen LogP contribution in [-0.2, 0) is 20.0 Å². The fourth-order valence-corrected chi connectivity index (χ4v) is 4.28. The van der Waals surface area contributed by atoms with Gasteiger partial charge in [0.05, 0.1) is 5.75 Å². The van der Waals surface area contributed by atoms with E-state index in [2.05, 4.69) is 10.8 Å². The Balaban J connectivity index is 2.40. The lowest BCUT2D eigenvalue weighted by Crippen LogP contribution is -2.61. The van der Waals surface area contributed by atoms with Crippen molar-refractivity contribution >= 4 is 30.7 Å². The summed E-state index contributed by atoms with van der Waals surface area (Å²) in [6.45, 7) is 6.08. The third-order valence-corrected chi connectivity index (χ3v) is 7.38. The van der Waals surface area contributed by atoms with E-state index in [0.29, 0.717) is 18.1 Å². The molecule has 2 aromatic rings. The minimum atomic E-state index is -6.83. The van der Waals surface area contributed by atoms with Gasteiger partial charge in [0.2, 0.25) is 9.84 Å². The molecule has 2 rings (SSSR count). The van der Waals surface area contributed by atoms with Crippen molar-refractivity contribution < 1.29 is 52.1 Å². The first-order valence-electron chi connectivity index (χ1n) is 9.00. The first-order chi connectivity index (χ1) is 14.9. The van der Waals surface area contributed by atoms with Crippen LogP contribution in [0.4, 0.5) is 26.3 Å². The van der Waals surface area contributed by atoms with E-state index in [1.54, 1.807) is 6.92 Å². The van der Waals surface area contributed by atoms with Gasteiger partial charge in [-0.05, 0) is 47.5 Å². The van der Waals surface area contributed by atoms with Gasteiger partial charge in [-0.3, -0.25) is 0 Å². The molecule has 14 heteroatoms. The van der Waals surface area contributed by atoms with Crippen LogP contribution in [-0.4, -0.2) is 45.6 Å². The summed E-state index contributed by atoms with van der Waals surface area (Å²) >= 11 is 0. The van der Waals surface area contributed by atoms with Crippen molar-refractivity contribution in [2.75, 3.05) is 12.4 Å². The van der Waals surface area contributed by atoms with Crippen LogP contribution in [0.15, 0.2) is 48.6 Å². The Kier molecular flexibility index (Phi) is 7.06. The van der Waals surface area contributed by atoms with E-state index < -0.39 is 47.9 Å². The summed E-state index contributed by atoms with van der Waals surface area (Å²) in [5, 5.41) is -12.4. The van der Waals surface area contributed by atoms with Gasteiger partial charge in [0.15, 0.2) is 0 Å². The molecule has 0 aliphatic carbocycles. The van der Waals surface area contributed by atoms with Gasteiger partial charge in [-0.1, -0.05) is 25.6 Å². The molecule has 0 saturated carbocycles. The molecule has 6 nitrogen and oxygen atoms in total. The number of sulfone groups is 1. The topological polar surface area (TPSA) is 86.7 Å². The quantitative estimate of drug-likeness (QED) is 0.255. The van der Waals surface area contributed by atoms with Crippen LogP contribution in [0.1, 0.15) is 13.8 Å². The summed E-state index contributed by atoms with van der Waals surface area (Å²) in [5.74, 6) is -8.98. The van der Waals surface area contributed by atoms with Gasteiger partial charge in [0.25, 0.3) is 0 Å². The number of rotatable bonds is 10. The van der Waals surface area contributed by atoms with Gasteiger partial charge in [0, 0.05) is 0 Å². The molecule has 0 saturated heterocycles. The van der Waals surface area contributed by atoms with Gasteiger partial charge in [0.1, 0.15) is 18.1 Å². The van der Waals surface area contributed by atoms with Gasteiger partial charge in [-0.15, -0.1) is 0 Å². The first kappa shape index (κ1) is 26.8. The van der Waals surface area contributed by atoms with Crippen LogP contribution in [0.5, 0.6) is 11.5 Å². The SMILES string of the molecule is C=C(C)COc1ccc2cc(OS(=O)(=O)C(F)(F)C(F)(F)C(F)(F)S(=O)(=O)CC)ccc2c1. The molecule has 0 bridgehead atoms. The smallest absolute Gasteiger partial charge is 0.450 e. The minimum absolute atomic E-state index is 0.201. The van der Waals surface area contributed by atoms with E-state index in [9.17, 15) is 43.2 Å². The van der Waals surface area contributed by atoms with E-state index in [1.165, 1.54) is 24.3 Å². The largest absolute Gasteiger partial charge is 0.489 e. The molecule has 0 radical (unpaired) electrons. The fourth-order valence-electron chi connectivity index (χ4n) is 2.43. The van der Waals surface area contributed by atoms with Crippen molar-refractivity contribution in [3.8, 4) is 11.5 Å². The molecule has 0 atom stereocenters. The van der Waals surface area contributed by atoms with Crippen LogP contribution in [0.3, 0.4) is 0 Å². The third-order valence-electron chi connectivity index (χ3n) is 4.29. The van der Waals surface area contributed by atoms with Crippen molar-refractivity contribution in [1.82, 2.24) is 0 Å². The van der Waals surface area contributed by atoms with Crippen LogP contribution in [0.25, 0.3) is 10.8 Å². The monoisotopic (exact) mass is 520 g/mol. The highest BCUT2D eigenvalue weighted by atomic mass is 32.2. The van der Waals surface area contributed by atoms with E-state index in [0.717, 1.165) is 17.7 Å². The summed E-state index contributed by atoms with van der Waals surface area (Å²) in [6, 6.07) is 7.18. The van der Waals surface area contributed by atoms with Gasteiger partial charge >= 0.3 is 26.5 Å². The lowest BCUT2D eigenvalue weighted by Gasteiger charge is -2.31. The maximum Gasteiger partial charge on any atom is 0.450 e. The first-order valence-corrected chi connectivity index (χ1v) is 12.1. The highest BCUT2D eigenvalue weighted by molar-refractivity contribution is 7.92. The Hall–Kier alpha value is -2.48. The second-order valence-corrected chi connectivity index (χ2v) is 10.9. The normalized spacial score (nSPS) is 13.7. The van der Waals surface area contributed by atoms with E-state index >= 15 is 0 Å². The molecule has 0 aliphatic rings. The summed E-state index contributed by atoms with van der Waals surface area (Å²) in [5.41, 5.74) is 0.721. The van der Waals surface area contributed by atoms with E-state index in [1.807, 2.05) is 0 Å². The lowest BCUT2D eigenvalue weighted by molar-refractivity contribution is -0.245. The molecule has 0 N–H and O–H groups in total. The van der Waals surface area contributed by atoms with Gasteiger partial charge < -0.3 is 8.92 Å². The van der Waals surface area contributed by atoms with E-state index in [4.69, 9.17) is 4.74 Å². The predicted molar refractivity (Wildman–Crippen MR) is 108 cm³/mol. The highest BCUT2D eigenvalue weighted by Gasteiger charge is 2.82. The number of alkyl halides is 6. The van der Waals surface area contributed by atoms with Crippen molar-refractivity contribution in [3.05, 3.63) is 48.6 Å². The number of benzene rings is 2. The third kappa shape index (κ3) is 4.76. The van der Waals surface area contributed by atoms with E-state index in [-0.39, 0.29) is 12.0 Å².